The number of rotatable bonds is 9. The van der Waals surface area contributed by atoms with Gasteiger partial charge in [-0.25, -0.2) is 19.2 Å². The molecule has 0 aromatic heterocycles. The van der Waals surface area contributed by atoms with Crippen LogP contribution in [0.5, 0.6) is 5.75 Å². The van der Waals surface area contributed by atoms with Gasteiger partial charge in [0.15, 0.2) is 5.96 Å². The number of aryl methyl sites for hydroxylation is 1. The first-order chi connectivity index (χ1) is 21.2. The van der Waals surface area contributed by atoms with Gasteiger partial charge >= 0.3 is 18.2 Å². The fourth-order valence-electron chi connectivity index (χ4n) is 4.80. The second-order valence-electron chi connectivity index (χ2n) is 14.8. The maximum absolute atomic E-state index is 13.4. The summed E-state index contributed by atoms with van der Waals surface area (Å²) in [7, 11) is 0. The van der Waals surface area contributed by atoms with Crippen molar-refractivity contribution in [1.82, 2.24) is 21.4 Å². The number of nitrogens with zero attached hydrogens (tertiary/aromatic N) is 1. The quantitative estimate of drug-likeness (QED) is 0.130. The molecule has 2 unspecified atom stereocenters. The number of carbonyl (C=O) groups is 3. The van der Waals surface area contributed by atoms with Crippen LogP contribution in [-0.4, -0.2) is 78.8 Å². The van der Waals surface area contributed by atoms with Crippen LogP contribution in [0, 0.1) is 0 Å². The van der Waals surface area contributed by atoms with Crippen molar-refractivity contribution in [3.05, 3.63) is 29.3 Å². The predicted molar refractivity (Wildman–Crippen MR) is 174 cm³/mol. The van der Waals surface area contributed by atoms with Gasteiger partial charge in [-0.15, -0.1) is 0 Å². The standard InChI is InChI=1S/C33H53N5O8/c1-30(2,3)43-26(39)33(10,46-38-29(41)45-32(7,8)9)25-15-13-22-18-21(12-14-24(22)42-25)23-19-36-27(37-20-23)34-16-11-17-35-28(40)44-31(4,5)6/h12,14,18,23,25H,11,13,15-17,19-20H2,1-10H3,(H,35,40)(H,38,41)(H2,34,36,37)/t25-,33?/m1/s1. The minimum atomic E-state index is -1.64. The van der Waals surface area contributed by atoms with E-state index in [-0.39, 0.29) is 5.92 Å². The van der Waals surface area contributed by atoms with Gasteiger partial charge in [-0.05, 0) is 106 Å². The van der Waals surface area contributed by atoms with E-state index in [0.29, 0.717) is 44.8 Å². The Kier molecular flexibility index (Phi) is 11.8. The van der Waals surface area contributed by atoms with E-state index in [0.717, 1.165) is 23.5 Å². The average molecular weight is 648 g/mol. The molecule has 2 heterocycles. The largest absolute Gasteiger partial charge is 0.486 e. The summed E-state index contributed by atoms with van der Waals surface area (Å²) in [6.45, 7) is 20.0. The Morgan fingerprint density at radius 2 is 1.57 bits per heavy atom. The predicted octanol–water partition coefficient (Wildman–Crippen LogP) is 4.48. The Labute approximate surface area is 272 Å². The fourth-order valence-corrected chi connectivity index (χ4v) is 4.80. The smallest absolute Gasteiger partial charge is 0.431 e. The molecule has 2 aliphatic heterocycles. The molecule has 0 spiro atoms. The monoisotopic (exact) mass is 647 g/mol. The van der Waals surface area contributed by atoms with E-state index in [4.69, 9.17) is 23.8 Å². The van der Waals surface area contributed by atoms with Crippen molar-refractivity contribution in [1.29, 1.82) is 0 Å². The Hall–Kier alpha value is -3.74. The third-order valence-corrected chi connectivity index (χ3v) is 6.96. The molecule has 3 rings (SSSR count). The molecule has 13 heteroatoms. The first kappa shape index (κ1) is 36.7. The number of hydrogen-bond acceptors (Lipinski definition) is 11. The molecule has 0 saturated carbocycles. The molecule has 0 radical (unpaired) electrons. The normalized spacial score (nSPS) is 19.6. The molecule has 2 amide bonds. The van der Waals surface area contributed by atoms with Gasteiger partial charge in [-0.2, -0.15) is 5.48 Å². The summed E-state index contributed by atoms with van der Waals surface area (Å²) < 4.78 is 22.5. The van der Waals surface area contributed by atoms with Gasteiger partial charge in [0.1, 0.15) is 28.7 Å². The molecule has 0 saturated heterocycles. The molecule has 46 heavy (non-hydrogen) atoms. The van der Waals surface area contributed by atoms with E-state index in [9.17, 15) is 14.4 Å². The molecular formula is C33H53N5O8. The van der Waals surface area contributed by atoms with Crippen LogP contribution in [-0.2, 0) is 30.3 Å². The van der Waals surface area contributed by atoms with Crippen molar-refractivity contribution in [2.75, 3.05) is 26.2 Å². The van der Waals surface area contributed by atoms with Crippen LogP contribution in [0.4, 0.5) is 9.59 Å². The number of esters is 1. The van der Waals surface area contributed by atoms with Crippen LogP contribution in [0.3, 0.4) is 0 Å². The van der Waals surface area contributed by atoms with E-state index in [2.05, 4.69) is 32.5 Å². The number of hydroxylamine groups is 1. The SMILES string of the molecule is CC(C)(C)OC(=O)NCCCNC1=NCC(c2ccc3c(c2)CC[C@H](C(C)(ONC(=O)OC(C)(C)C)C(=O)OC(C)(C)C)O3)CN1. The van der Waals surface area contributed by atoms with Gasteiger partial charge in [0.05, 0.1) is 6.54 Å². The number of alkyl carbamates (subject to hydrolysis) is 1. The van der Waals surface area contributed by atoms with Gasteiger partial charge in [0, 0.05) is 25.6 Å². The Bertz CT molecular complexity index is 1260. The van der Waals surface area contributed by atoms with Crippen LogP contribution >= 0.6 is 0 Å². The number of hydrogen-bond donors (Lipinski definition) is 4. The molecule has 0 fully saturated rings. The maximum atomic E-state index is 13.4. The average Bonchev–Trinajstić information content (AvgIpc) is 2.92. The molecule has 13 nitrogen and oxygen atoms in total. The number of ether oxygens (including phenoxy) is 4. The number of guanidine groups is 1. The van der Waals surface area contributed by atoms with Crippen LogP contribution in [0.1, 0.15) is 99.1 Å². The summed E-state index contributed by atoms with van der Waals surface area (Å²) in [4.78, 5) is 47.9. The van der Waals surface area contributed by atoms with Crippen LogP contribution in [0.2, 0.25) is 0 Å². The van der Waals surface area contributed by atoms with Gasteiger partial charge < -0.3 is 34.9 Å². The molecule has 258 valence electrons. The van der Waals surface area contributed by atoms with Crippen molar-refractivity contribution in [2.45, 2.75) is 123 Å². The zero-order valence-electron chi connectivity index (χ0n) is 29.0. The molecule has 1 aromatic carbocycles. The lowest BCUT2D eigenvalue weighted by Gasteiger charge is -2.39. The van der Waals surface area contributed by atoms with Gasteiger partial charge in [0.25, 0.3) is 0 Å². The van der Waals surface area contributed by atoms with E-state index >= 15 is 0 Å². The van der Waals surface area contributed by atoms with Crippen molar-refractivity contribution in [2.24, 2.45) is 4.99 Å². The number of fused-ring (bicyclic) bond motifs is 1. The van der Waals surface area contributed by atoms with Crippen LogP contribution < -0.4 is 26.2 Å². The zero-order valence-corrected chi connectivity index (χ0v) is 29.0. The summed E-state index contributed by atoms with van der Waals surface area (Å²) in [5.41, 5.74) is 0.737. The summed E-state index contributed by atoms with van der Waals surface area (Å²) in [5.74, 6) is 0.899. The fraction of sp³-hybridized carbons (Fsp3) is 0.697. The minimum Gasteiger partial charge on any atom is -0.486 e. The molecular weight excluding hydrogens is 594 g/mol. The summed E-state index contributed by atoms with van der Waals surface area (Å²) in [5, 5.41) is 9.39. The zero-order chi connectivity index (χ0) is 34.3. The number of nitrogens with one attached hydrogen (secondary N) is 4. The highest BCUT2D eigenvalue weighted by Gasteiger charge is 2.50. The Morgan fingerprint density at radius 3 is 2.17 bits per heavy atom. The van der Waals surface area contributed by atoms with Gasteiger partial charge in [-0.1, -0.05) is 12.1 Å². The third-order valence-electron chi connectivity index (χ3n) is 6.96. The maximum Gasteiger partial charge on any atom is 0.431 e. The van der Waals surface area contributed by atoms with E-state index in [1.54, 1.807) is 48.5 Å². The Morgan fingerprint density at radius 1 is 0.913 bits per heavy atom. The van der Waals surface area contributed by atoms with Gasteiger partial charge in [-0.3, -0.25) is 4.99 Å². The summed E-state index contributed by atoms with van der Waals surface area (Å²) >= 11 is 0. The number of benzene rings is 1. The first-order valence-corrected chi connectivity index (χ1v) is 15.9. The van der Waals surface area contributed by atoms with Crippen molar-refractivity contribution in [3.8, 4) is 5.75 Å². The van der Waals surface area contributed by atoms with E-state index in [1.807, 2.05) is 32.9 Å². The topological polar surface area (TPSA) is 158 Å². The number of carbonyl (C=O) groups excluding carboxylic acids is 3. The minimum absolute atomic E-state index is 0.177. The number of amides is 2. The summed E-state index contributed by atoms with van der Waals surface area (Å²) in [6, 6.07) is 6.04. The molecule has 1 aromatic rings. The van der Waals surface area contributed by atoms with Crippen molar-refractivity contribution in [3.63, 3.8) is 0 Å². The molecule has 0 aliphatic carbocycles. The highest BCUT2D eigenvalue weighted by Crippen LogP contribution is 2.36. The molecule has 4 N–H and O–H groups in total. The first-order valence-electron chi connectivity index (χ1n) is 15.9. The van der Waals surface area contributed by atoms with E-state index < -0.39 is 46.7 Å². The molecule has 2 aliphatic rings. The highest BCUT2D eigenvalue weighted by atomic mass is 16.7. The third kappa shape index (κ3) is 11.6. The lowest BCUT2D eigenvalue weighted by Crippen LogP contribution is -2.58. The van der Waals surface area contributed by atoms with Crippen molar-refractivity contribution >= 4 is 24.1 Å². The van der Waals surface area contributed by atoms with E-state index in [1.165, 1.54) is 0 Å². The second kappa shape index (κ2) is 14.8. The summed E-state index contributed by atoms with van der Waals surface area (Å²) in [6.07, 6.45) is -0.153. The number of aliphatic imine (C=N–C) groups is 1. The van der Waals surface area contributed by atoms with Gasteiger partial charge in [0.2, 0.25) is 5.60 Å². The second-order valence-corrected chi connectivity index (χ2v) is 14.8. The van der Waals surface area contributed by atoms with Crippen molar-refractivity contribution < 1.29 is 38.2 Å². The molecule has 0 bridgehead atoms. The lowest BCUT2D eigenvalue weighted by atomic mass is 9.88. The lowest BCUT2D eigenvalue weighted by molar-refractivity contribution is -0.205. The van der Waals surface area contributed by atoms with Crippen LogP contribution in [0.25, 0.3) is 0 Å². The van der Waals surface area contributed by atoms with Crippen LogP contribution in [0.15, 0.2) is 23.2 Å². The highest BCUT2D eigenvalue weighted by molar-refractivity contribution is 5.81. The Balaban J connectivity index is 1.58. The molecule has 3 atom stereocenters.